The van der Waals surface area contributed by atoms with Gasteiger partial charge in [0.15, 0.2) is 0 Å². The number of hydrogen-bond donors (Lipinski definition) is 0. The normalized spacial score (nSPS) is 11.4. The molecule has 1 aromatic rings. The van der Waals surface area contributed by atoms with Crippen molar-refractivity contribution in [2.75, 3.05) is 19.5 Å². The second-order valence-electron chi connectivity index (χ2n) is 2.98. The summed E-state index contributed by atoms with van der Waals surface area (Å²) in [4.78, 5) is 0. The molecule has 16 heavy (non-hydrogen) atoms. The van der Waals surface area contributed by atoms with Gasteiger partial charge in [0.25, 0.3) is 10.1 Å². The van der Waals surface area contributed by atoms with E-state index >= 15 is 0 Å². The lowest BCUT2D eigenvalue weighted by molar-refractivity contribution is 0.222. The van der Waals surface area contributed by atoms with Crippen LogP contribution in [0.25, 0.3) is 0 Å². The number of halogens is 2. The summed E-state index contributed by atoms with van der Waals surface area (Å²) in [6, 6.07) is 5.08. The summed E-state index contributed by atoms with van der Waals surface area (Å²) < 4.78 is 31.9. The molecule has 0 unspecified atom stereocenters. The lowest BCUT2D eigenvalue weighted by atomic mass is 10.3. The van der Waals surface area contributed by atoms with Crippen LogP contribution in [0.1, 0.15) is 0 Å². The van der Waals surface area contributed by atoms with Crippen LogP contribution in [0.15, 0.2) is 22.7 Å². The van der Waals surface area contributed by atoms with Gasteiger partial charge < -0.3 is 4.74 Å². The van der Waals surface area contributed by atoms with E-state index in [4.69, 9.17) is 16.3 Å². The van der Waals surface area contributed by atoms with Crippen molar-refractivity contribution < 1.29 is 17.3 Å². The molecule has 0 atom stereocenters. The molecule has 0 heterocycles. The molecule has 0 bridgehead atoms. The first-order chi connectivity index (χ1) is 7.37. The van der Waals surface area contributed by atoms with Crippen molar-refractivity contribution in [2.24, 2.45) is 0 Å². The minimum atomic E-state index is -3.41. The van der Waals surface area contributed by atoms with Crippen LogP contribution < -0.4 is 4.74 Å². The molecule has 0 aliphatic heterocycles. The second kappa shape index (κ2) is 5.86. The number of rotatable bonds is 5. The summed E-state index contributed by atoms with van der Waals surface area (Å²) in [6.45, 7) is 0.114. The van der Waals surface area contributed by atoms with Gasteiger partial charge in [-0.05, 0) is 18.2 Å². The maximum Gasteiger partial charge on any atom is 0.264 e. The Labute approximate surface area is 108 Å². The Bertz CT molecular complexity index is 440. The zero-order chi connectivity index (χ0) is 12.2. The first-order valence-corrected chi connectivity index (χ1v) is 7.29. The van der Waals surface area contributed by atoms with Crippen LogP contribution in [0.4, 0.5) is 0 Å². The van der Waals surface area contributed by atoms with Crippen LogP contribution >= 0.6 is 27.5 Å². The molecule has 0 fully saturated rings. The highest BCUT2D eigenvalue weighted by Crippen LogP contribution is 2.24. The third kappa shape index (κ3) is 5.69. The van der Waals surface area contributed by atoms with Crippen molar-refractivity contribution in [2.45, 2.75) is 0 Å². The molecule has 0 radical (unpaired) electrons. The standard InChI is InChI=1S/C9H10BrClO4S/c1-16(12,13)15-3-2-14-9-5-7(10)4-8(11)6-9/h4-6H,2-3H2,1H3. The van der Waals surface area contributed by atoms with Gasteiger partial charge in [0, 0.05) is 9.50 Å². The van der Waals surface area contributed by atoms with Gasteiger partial charge in [0.05, 0.1) is 6.26 Å². The summed E-state index contributed by atoms with van der Waals surface area (Å²) in [5.41, 5.74) is 0. The van der Waals surface area contributed by atoms with E-state index < -0.39 is 10.1 Å². The minimum Gasteiger partial charge on any atom is -0.491 e. The average Bonchev–Trinajstić information content (AvgIpc) is 2.09. The first kappa shape index (κ1) is 13.8. The van der Waals surface area contributed by atoms with Crippen LogP contribution in [-0.4, -0.2) is 27.9 Å². The quantitative estimate of drug-likeness (QED) is 0.615. The Morgan fingerprint density at radius 1 is 1.31 bits per heavy atom. The molecular formula is C9H10BrClO4S. The van der Waals surface area contributed by atoms with E-state index in [1.807, 2.05) is 0 Å². The van der Waals surface area contributed by atoms with Crippen LogP contribution in [0.3, 0.4) is 0 Å². The van der Waals surface area contributed by atoms with Crippen LogP contribution in [-0.2, 0) is 14.3 Å². The fourth-order valence-electron chi connectivity index (χ4n) is 0.957. The van der Waals surface area contributed by atoms with E-state index in [0.717, 1.165) is 10.7 Å². The van der Waals surface area contributed by atoms with Gasteiger partial charge in [0.2, 0.25) is 0 Å². The van der Waals surface area contributed by atoms with Gasteiger partial charge in [-0.3, -0.25) is 4.18 Å². The third-order valence-corrected chi connectivity index (χ3v) is 2.76. The van der Waals surface area contributed by atoms with Crippen molar-refractivity contribution >= 4 is 37.6 Å². The SMILES string of the molecule is CS(=O)(=O)OCCOc1cc(Cl)cc(Br)c1. The van der Waals surface area contributed by atoms with E-state index in [-0.39, 0.29) is 13.2 Å². The monoisotopic (exact) mass is 328 g/mol. The highest BCUT2D eigenvalue weighted by molar-refractivity contribution is 9.10. The predicted molar refractivity (Wildman–Crippen MR) is 65.4 cm³/mol. The van der Waals surface area contributed by atoms with E-state index in [0.29, 0.717) is 10.8 Å². The van der Waals surface area contributed by atoms with Gasteiger partial charge in [-0.1, -0.05) is 27.5 Å². The van der Waals surface area contributed by atoms with Crippen molar-refractivity contribution in [3.63, 3.8) is 0 Å². The van der Waals surface area contributed by atoms with Gasteiger partial charge in [0.1, 0.15) is 19.0 Å². The predicted octanol–water partition coefficient (Wildman–Crippen LogP) is 2.46. The van der Waals surface area contributed by atoms with E-state index in [1.54, 1.807) is 18.2 Å². The van der Waals surface area contributed by atoms with Gasteiger partial charge >= 0.3 is 0 Å². The summed E-state index contributed by atoms with van der Waals surface area (Å²) in [7, 11) is -3.41. The van der Waals surface area contributed by atoms with E-state index in [2.05, 4.69) is 20.1 Å². The molecule has 4 nitrogen and oxygen atoms in total. The molecular weight excluding hydrogens is 320 g/mol. The Balaban J connectivity index is 2.43. The minimum absolute atomic E-state index is 0.0248. The number of ether oxygens (including phenoxy) is 1. The molecule has 0 spiro atoms. The highest BCUT2D eigenvalue weighted by atomic mass is 79.9. The molecule has 0 amide bonds. The van der Waals surface area contributed by atoms with Gasteiger partial charge in [-0.25, -0.2) is 0 Å². The van der Waals surface area contributed by atoms with Crippen molar-refractivity contribution in [1.82, 2.24) is 0 Å². The van der Waals surface area contributed by atoms with Gasteiger partial charge in [-0.2, -0.15) is 8.42 Å². The Kier molecular flexibility index (Phi) is 5.04. The number of hydrogen-bond acceptors (Lipinski definition) is 4. The highest BCUT2D eigenvalue weighted by Gasteiger charge is 2.02. The van der Waals surface area contributed by atoms with Crippen molar-refractivity contribution in [3.8, 4) is 5.75 Å². The zero-order valence-corrected chi connectivity index (χ0v) is 11.6. The summed E-state index contributed by atoms with van der Waals surface area (Å²) in [6.07, 6.45) is 0.989. The summed E-state index contributed by atoms with van der Waals surface area (Å²) in [5.74, 6) is 0.552. The smallest absolute Gasteiger partial charge is 0.264 e. The average molecular weight is 330 g/mol. The zero-order valence-electron chi connectivity index (χ0n) is 8.44. The first-order valence-electron chi connectivity index (χ1n) is 4.30. The molecule has 7 heteroatoms. The van der Waals surface area contributed by atoms with Crippen LogP contribution in [0.5, 0.6) is 5.75 Å². The molecule has 90 valence electrons. The topological polar surface area (TPSA) is 52.6 Å². The van der Waals surface area contributed by atoms with E-state index in [9.17, 15) is 8.42 Å². The lowest BCUT2D eigenvalue weighted by Gasteiger charge is -2.06. The fraction of sp³-hybridized carbons (Fsp3) is 0.333. The maximum atomic E-state index is 10.6. The van der Waals surface area contributed by atoms with Crippen molar-refractivity contribution in [3.05, 3.63) is 27.7 Å². The molecule has 1 aromatic carbocycles. The molecule has 0 aliphatic carbocycles. The fourth-order valence-corrected chi connectivity index (χ4v) is 2.16. The molecule has 0 saturated heterocycles. The largest absolute Gasteiger partial charge is 0.491 e. The van der Waals surface area contributed by atoms with Crippen LogP contribution in [0.2, 0.25) is 5.02 Å². The van der Waals surface area contributed by atoms with E-state index in [1.165, 1.54) is 0 Å². The molecule has 0 N–H and O–H groups in total. The van der Waals surface area contributed by atoms with Gasteiger partial charge in [-0.15, -0.1) is 0 Å². The molecule has 0 saturated carbocycles. The summed E-state index contributed by atoms with van der Waals surface area (Å²) >= 11 is 9.06. The molecule has 1 rings (SSSR count). The lowest BCUT2D eigenvalue weighted by Crippen LogP contribution is -2.11. The molecule has 0 aliphatic rings. The summed E-state index contributed by atoms with van der Waals surface area (Å²) in [5, 5.41) is 0.536. The van der Waals surface area contributed by atoms with Crippen LogP contribution in [0, 0.1) is 0 Å². The maximum absolute atomic E-state index is 10.6. The number of benzene rings is 1. The Morgan fingerprint density at radius 2 is 2.00 bits per heavy atom. The Morgan fingerprint density at radius 3 is 2.56 bits per heavy atom. The van der Waals surface area contributed by atoms with Crippen molar-refractivity contribution in [1.29, 1.82) is 0 Å². The second-order valence-corrected chi connectivity index (χ2v) is 5.98. The molecule has 0 aromatic heterocycles. The Hall–Kier alpha value is -0.300. The third-order valence-electron chi connectivity index (χ3n) is 1.49.